The molecule has 0 amide bonds. The molecule has 0 radical (unpaired) electrons. The van der Waals surface area contributed by atoms with Crippen molar-refractivity contribution in [2.75, 3.05) is 6.54 Å². The van der Waals surface area contributed by atoms with E-state index in [4.69, 9.17) is 5.73 Å². The van der Waals surface area contributed by atoms with Crippen LogP contribution < -0.4 is 5.73 Å². The zero-order chi connectivity index (χ0) is 11.5. The van der Waals surface area contributed by atoms with Crippen LogP contribution in [-0.4, -0.2) is 16.1 Å². The van der Waals surface area contributed by atoms with Crippen LogP contribution in [0.5, 0.6) is 0 Å². The van der Waals surface area contributed by atoms with Gasteiger partial charge in [-0.3, -0.25) is 0 Å². The Bertz CT molecular complexity index is 473. The minimum Gasteiger partial charge on any atom is -0.330 e. The number of imidazole rings is 1. The molecule has 3 heteroatoms. The number of rotatable bonds is 4. The van der Waals surface area contributed by atoms with Crippen LogP contribution in [0.25, 0.3) is 11.0 Å². The summed E-state index contributed by atoms with van der Waals surface area (Å²) in [5.74, 6) is 1.43. The lowest BCUT2D eigenvalue weighted by Crippen LogP contribution is -2.14. The molecule has 0 saturated carbocycles. The van der Waals surface area contributed by atoms with Gasteiger partial charge >= 0.3 is 0 Å². The average Bonchev–Trinajstić information content (AvgIpc) is 2.68. The van der Waals surface area contributed by atoms with E-state index in [0.29, 0.717) is 12.5 Å². The molecular formula is C13H19N3. The molecule has 0 aliphatic heterocycles. The first-order valence-electron chi connectivity index (χ1n) is 5.93. The van der Waals surface area contributed by atoms with Crippen LogP contribution >= 0.6 is 0 Å². The van der Waals surface area contributed by atoms with E-state index in [-0.39, 0.29) is 0 Å². The molecule has 16 heavy (non-hydrogen) atoms. The van der Waals surface area contributed by atoms with Gasteiger partial charge in [0.25, 0.3) is 0 Å². The summed E-state index contributed by atoms with van der Waals surface area (Å²) in [4.78, 5) is 4.69. The quantitative estimate of drug-likeness (QED) is 0.855. The van der Waals surface area contributed by atoms with Crippen molar-refractivity contribution in [1.82, 2.24) is 9.55 Å². The maximum atomic E-state index is 5.74. The zero-order valence-electron chi connectivity index (χ0n) is 9.98. The average molecular weight is 217 g/mol. The van der Waals surface area contributed by atoms with Gasteiger partial charge in [-0.25, -0.2) is 4.98 Å². The Balaban J connectivity index is 2.58. The SMILES string of the molecule is CCCn1c(C(C)CN)nc2ccccc21. The first-order chi connectivity index (χ1) is 7.77. The molecule has 0 spiro atoms. The van der Waals surface area contributed by atoms with Crippen molar-refractivity contribution in [2.24, 2.45) is 5.73 Å². The summed E-state index contributed by atoms with van der Waals surface area (Å²) in [5.41, 5.74) is 8.03. The smallest absolute Gasteiger partial charge is 0.113 e. The van der Waals surface area contributed by atoms with Crippen LogP contribution in [-0.2, 0) is 6.54 Å². The predicted molar refractivity (Wildman–Crippen MR) is 67.5 cm³/mol. The molecular weight excluding hydrogens is 198 g/mol. The zero-order valence-corrected chi connectivity index (χ0v) is 9.98. The molecule has 0 bridgehead atoms. The fraction of sp³-hybridized carbons (Fsp3) is 0.462. The number of fused-ring (bicyclic) bond motifs is 1. The highest BCUT2D eigenvalue weighted by Gasteiger charge is 2.14. The van der Waals surface area contributed by atoms with E-state index < -0.39 is 0 Å². The molecule has 1 aromatic heterocycles. The van der Waals surface area contributed by atoms with Crippen LogP contribution in [0.4, 0.5) is 0 Å². The summed E-state index contributed by atoms with van der Waals surface area (Å²) in [6.45, 7) is 5.98. The second kappa shape index (κ2) is 4.66. The molecule has 2 rings (SSSR count). The summed E-state index contributed by atoms with van der Waals surface area (Å²) in [7, 11) is 0. The van der Waals surface area contributed by atoms with Gasteiger partial charge < -0.3 is 10.3 Å². The Morgan fingerprint density at radius 2 is 2.12 bits per heavy atom. The highest BCUT2D eigenvalue weighted by Crippen LogP contribution is 2.21. The largest absolute Gasteiger partial charge is 0.330 e. The highest BCUT2D eigenvalue weighted by atomic mass is 15.1. The van der Waals surface area contributed by atoms with Crippen molar-refractivity contribution in [1.29, 1.82) is 0 Å². The number of aryl methyl sites for hydroxylation is 1. The Hall–Kier alpha value is -1.35. The lowest BCUT2D eigenvalue weighted by molar-refractivity contribution is 0.606. The third-order valence-electron chi connectivity index (χ3n) is 2.93. The second-order valence-corrected chi connectivity index (χ2v) is 4.25. The van der Waals surface area contributed by atoms with Crippen molar-refractivity contribution in [3.63, 3.8) is 0 Å². The van der Waals surface area contributed by atoms with Gasteiger partial charge in [0.2, 0.25) is 0 Å². The Labute approximate surface area is 96.3 Å². The molecule has 1 aromatic carbocycles. The molecule has 2 N–H and O–H groups in total. The van der Waals surface area contributed by atoms with E-state index in [1.807, 2.05) is 6.07 Å². The summed E-state index contributed by atoms with van der Waals surface area (Å²) >= 11 is 0. The number of aromatic nitrogens is 2. The third-order valence-corrected chi connectivity index (χ3v) is 2.93. The molecule has 0 saturated heterocycles. The minimum atomic E-state index is 0.318. The maximum Gasteiger partial charge on any atom is 0.113 e. The number of para-hydroxylation sites is 2. The third kappa shape index (κ3) is 1.83. The van der Waals surface area contributed by atoms with Gasteiger partial charge in [0.1, 0.15) is 5.82 Å². The minimum absolute atomic E-state index is 0.318. The van der Waals surface area contributed by atoms with E-state index in [0.717, 1.165) is 24.3 Å². The van der Waals surface area contributed by atoms with Crippen molar-refractivity contribution in [3.8, 4) is 0 Å². The van der Waals surface area contributed by atoms with E-state index in [2.05, 4.69) is 41.6 Å². The van der Waals surface area contributed by atoms with Crippen LogP contribution in [0.1, 0.15) is 32.0 Å². The molecule has 0 aliphatic carbocycles. The summed E-state index contributed by atoms with van der Waals surface area (Å²) in [5, 5.41) is 0. The Morgan fingerprint density at radius 1 is 1.38 bits per heavy atom. The molecule has 1 unspecified atom stereocenters. The number of nitrogens with two attached hydrogens (primary N) is 1. The summed E-state index contributed by atoms with van der Waals surface area (Å²) < 4.78 is 2.30. The van der Waals surface area contributed by atoms with Gasteiger partial charge in [-0.05, 0) is 18.6 Å². The Morgan fingerprint density at radius 3 is 2.81 bits per heavy atom. The first kappa shape index (κ1) is 11.1. The fourth-order valence-electron chi connectivity index (χ4n) is 2.03. The van der Waals surface area contributed by atoms with Gasteiger partial charge in [-0.15, -0.1) is 0 Å². The normalized spacial score (nSPS) is 13.2. The molecule has 0 aliphatic rings. The topological polar surface area (TPSA) is 43.8 Å². The number of benzene rings is 1. The molecule has 0 fully saturated rings. The number of hydrogen-bond acceptors (Lipinski definition) is 2. The monoisotopic (exact) mass is 217 g/mol. The van der Waals surface area contributed by atoms with Gasteiger partial charge in [-0.2, -0.15) is 0 Å². The van der Waals surface area contributed by atoms with Gasteiger partial charge in [0.05, 0.1) is 11.0 Å². The van der Waals surface area contributed by atoms with Crippen LogP contribution in [0.3, 0.4) is 0 Å². The van der Waals surface area contributed by atoms with E-state index >= 15 is 0 Å². The standard InChI is InChI=1S/C13H19N3/c1-3-8-16-12-7-5-4-6-11(12)15-13(16)10(2)9-14/h4-7,10H,3,8-9,14H2,1-2H3. The number of hydrogen-bond donors (Lipinski definition) is 1. The van der Waals surface area contributed by atoms with Crippen LogP contribution in [0.2, 0.25) is 0 Å². The van der Waals surface area contributed by atoms with Crippen molar-refractivity contribution < 1.29 is 0 Å². The van der Waals surface area contributed by atoms with Crippen LogP contribution in [0.15, 0.2) is 24.3 Å². The van der Waals surface area contributed by atoms with Crippen molar-refractivity contribution >= 4 is 11.0 Å². The van der Waals surface area contributed by atoms with E-state index in [1.165, 1.54) is 5.52 Å². The lowest BCUT2D eigenvalue weighted by atomic mass is 10.1. The fourth-order valence-corrected chi connectivity index (χ4v) is 2.03. The van der Waals surface area contributed by atoms with Gasteiger partial charge in [-0.1, -0.05) is 26.0 Å². The summed E-state index contributed by atoms with van der Waals surface area (Å²) in [6, 6.07) is 8.29. The molecule has 86 valence electrons. The van der Waals surface area contributed by atoms with Gasteiger partial charge in [0.15, 0.2) is 0 Å². The molecule has 2 aromatic rings. The van der Waals surface area contributed by atoms with Crippen molar-refractivity contribution in [2.45, 2.75) is 32.7 Å². The highest BCUT2D eigenvalue weighted by molar-refractivity contribution is 5.76. The van der Waals surface area contributed by atoms with E-state index in [9.17, 15) is 0 Å². The number of nitrogens with zero attached hydrogens (tertiary/aromatic N) is 2. The predicted octanol–water partition coefficient (Wildman–Crippen LogP) is 2.51. The lowest BCUT2D eigenvalue weighted by Gasteiger charge is -2.11. The molecule has 1 heterocycles. The summed E-state index contributed by atoms with van der Waals surface area (Å²) in [6.07, 6.45) is 1.12. The van der Waals surface area contributed by atoms with Crippen LogP contribution in [0, 0.1) is 0 Å². The molecule has 1 atom stereocenters. The maximum absolute atomic E-state index is 5.74. The first-order valence-corrected chi connectivity index (χ1v) is 5.93. The Kier molecular flexibility index (Phi) is 3.25. The van der Waals surface area contributed by atoms with Crippen molar-refractivity contribution in [3.05, 3.63) is 30.1 Å². The second-order valence-electron chi connectivity index (χ2n) is 4.25. The molecule has 3 nitrogen and oxygen atoms in total. The van der Waals surface area contributed by atoms with Gasteiger partial charge in [0, 0.05) is 19.0 Å². The van der Waals surface area contributed by atoms with E-state index in [1.54, 1.807) is 0 Å².